The number of pyridine rings is 1. The Morgan fingerprint density at radius 1 is 1.36 bits per heavy atom. The number of hydrogen-bond donors (Lipinski definition) is 1. The minimum atomic E-state index is -0.0374. The first-order chi connectivity index (χ1) is 10.8. The van der Waals surface area contributed by atoms with Gasteiger partial charge in [0.2, 0.25) is 5.91 Å². The van der Waals surface area contributed by atoms with Crippen molar-refractivity contribution in [1.82, 2.24) is 15.2 Å². The van der Waals surface area contributed by atoms with Gasteiger partial charge in [0.05, 0.1) is 19.1 Å². The number of morpholine rings is 1. The van der Waals surface area contributed by atoms with Crippen LogP contribution in [-0.2, 0) is 9.53 Å². The summed E-state index contributed by atoms with van der Waals surface area (Å²) in [6.07, 6.45) is 1.81. The molecule has 6 nitrogen and oxygen atoms in total. The van der Waals surface area contributed by atoms with Crippen LogP contribution in [0.15, 0.2) is 24.4 Å². The van der Waals surface area contributed by atoms with E-state index < -0.39 is 0 Å². The molecule has 0 aliphatic carbocycles. The highest BCUT2D eigenvalue weighted by Crippen LogP contribution is 2.17. The van der Waals surface area contributed by atoms with Gasteiger partial charge in [-0.15, -0.1) is 0 Å². The minimum absolute atomic E-state index is 0.0374. The fourth-order valence-corrected chi connectivity index (χ4v) is 3.11. The average molecular weight is 304 g/mol. The maximum Gasteiger partial charge on any atom is 0.227 e. The zero-order chi connectivity index (χ0) is 15.4. The Bertz CT molecular complexity index is 490. The molecule has 2 atom stereocenters. The van der Waals surface area contributed by atoms with Gasteiger partial charge in [0.1, 0.15) is 5.82 Å². The van der Waals surface area contributed by atoms with Crippen LogP contribution in [0.4, 0.5) is 5.82 Å². The first-order valence-electron chi connectivity index (χ1n) is 8.01. The third-order valence-corrected chi connectivity index (χ3v) is 4.49. The highest BCUT2D eigenvalue weighted by atomic mass is 16.5. The van der Waals surface area contributed by atoms with Crippen molar-refractivity contribution < 1.29 is 9.53 Å². The molecular weight excluding hydrogens is 280 g/mol. The molecule has 1 aromatic heterocycles. The van der Waals surface area contributed by atoms with Crippen LogP contribution in [0.25, 0.3) is 0 Å². The fraction of sp³-hybridized carbons (Fsp3) is 0.625. The molecule has 22 heavy (non-hydrogen) atoms. The maximum absolute atomic E-state index is 12.6. The number of nitrogens with one attached hydrogen (secondary N) is 1. The fourth-order valence-electron chi connectivity index (χ4n) is 3.11. The molecule has 2 aliphatic heterocycles. The van der Waals surface area contributed by atoms with Gasteiger partial charge in [-0.05, 0) is 12.1 Å². The second kappa shape index (κ2) is 7.07. The number of aromatic nitrogens is 1. The highest BCUT2D eigenvalue weighted by Gasteiger charge is 2.32. The molecule has 2 fully saturated rings. The number of carbonyl (C=O) groups excluding carboxylic acids is 1. The number of piperazine rings is 1. The van der Waals surface area contributed by atoms with E-state index in [-0.39, 0.29) is 17.9 Å². The summed E-state index contributed by atoms with van der Waals surface area (Å²) in [5.74, 6) is 1.17. The van der Waals surface area contributed by atoms with E-state index >= 15 is 0 Å². The molecule has 0 aromatic carbocycles. The Morgan fingerprint density at radius 2 is 2.18 bits per heavy atom. The Kier molecular flexibility index (Phi) is 4.90. The van der Waals surface area contributed by atoms with E-state index in [9.17, 15) is 4.79 Å². The summed E-state index contributed by atoms with van der Waals surface area (Å²) in [6, 6.07) is 6.11. The molecule has 2 saturated heterocycles. The average Bonchev–Trinajstić information content (AvgIpc) is 2.62. The molecule has 2 unspecified atom stereocenters. The van der Waals surface area contributed by atoms with Crippen molar-refractivity contribution >= 4 is 11.7 Å². The smallest absolute Gasteiger partial charge is 0.227 e. The molecule has 120 valence electrons. The molecule has 0 spiro atoms. The van der Waals surface area contributed by atoms with Gasteiger partial charge in [0.25, 0.3) is 0 Å². The number of ether oxygens (including phenoxy) is 1. The quantitative estimate of drug-likeness (QED) is 0.873. The Hall–Kier alpha value is -1.66. The van der Waals surface area contributed by atoms with Gasteiger partial charge in [-0.2, -0.15) is 0 Å². The van der Waals surface area contributed by atoms with Crippen LogP contribution in [0, 0.1) is 5.92 Å². The molecule has 3 heterocycles. The van der Waals surface area contributed by atoms with Crippen molar-refractivity contribution in [3.63, 3.8) is 0 Å². The molecule has 1 N–H and O–H groups in total. The van der Waals surface area contributed by atoms with E-state index in [1.165, 1.54) is 0 Å². The Morgan fingerprint density at radius 3 is 2.91 bits per heavy atom. The van der Waals surface area contributed by atoms with Crippen LogP contribution in [0.2, 0.25) is 0 Å². The van der Waals surface area contributed by atoms with Crippen molar-refractivity contribution in [3.05, 3.63) is 24.4 Å². The number of anilines is 1. The zero-order valence-electron chi connectivity index (χ0n) is 13.1. The van der Waals surface area contributed by atoms with Crippen LogP contribution in [0.1, 0.15) is 6.92 Å². The van der Waals surface area contributed by atoms with Crippen molar-refractivity contribution in [2.75, 3.05) is 50.8 Å². The van der Waals surface area contributed by atoms with E-state index in [0.29, 0.717) is 26.3 Å². The SMILES string of the molecule is CC(C(=O)N1CCOCC1)C1CN(c2ccccn2)CCN1. The van der Waals surface area contributed by atoms with Gasteiger partial charge in [-0.3, -0.25) is 4.79 Å². The number of hydrogen-bond acceptors (Lipinski definition) is 5. The predicted molar refractivity (Wildman–Crippen MR) is 84.8 cm³/mol. The van der Waals surface area contributed by atoms with Gasteiger partial charge in [-0.1, -0.05) is 13.0 Å². The maximum atomic E-state index is 12.6. The lowest BCUT2D eigenvalue weighted by Gasteiger charge is -2.38. The molecule has 6 heteroatoms. The number of amides is 1. The molecule has 2 aliphatic rings. The second-order valence-electron chi connectivity index (χ2n) is 5.92. The lowest BCUT2D eigenvalue weighted by atomic mass is 9.97. The molecule has 1 aromatic rings. The summed E-state index contributed by atoms with van der Waals surface area (Å²) >= 11 is 0. The normalized spacial score (nSPS) is 24.1. The summed E-state index contributed by atoms with van der Waals surface area (Å²) in [4.78, 5) is 21.2. The minimum Gasteiger partial charge on any atom is -0.378 e. The van der Waals surface area contributed by atoms with Crippen LogP contribution in [-0.4, -0.2) is 67.8 Å². The molecule has 3 rings (SSSR count). The molecule has 0 bridgehead atoms. The van der Waals surface area contributed by atoms with Gasteiger partial charge in [0, 0.05) is 45.0 Å². The summed E-state index contributed by atoms with van der Waals surface area (Å²) in [7, 11) is 0. The third-order valence-electron chi connectivity index (χ3n) is 4.49. The van der Waals surface area contributed by atoms with Crippen molar-refractivity contribution in [3.8, 4) is 0 Å². The lowest BCUT2D eigenvalue weighted by molar-refractivity contribution is -0.140. The molecule has 0 saturated carbocycles. The highest BCUT2D eigenvalue weighted by molar-refractivity contribution is 5.79. The Balaban J connectivity index is 1.62. The summed E-state index contributed by atoms with van der Waals surface area (Å²) in [5, 5.41) is 3.49. The van der Waals surface area contributed by atoms with Crippen molar-refractivity contribution in [1.29, 1.82) is 0 Å². The zero-order valence-corrected chi connectivity index (χ0v) is 13.1. The largest absolute Gasteiger partial charge is 0.378 e. The van der Waals surface area contributed by atoms with Crippen LogP contribution in [0.5, 0.6) is 0 Å². The summed E-state index contributed by atoms with van der Waals surface area (Å²) in [6.45, 7) is 7.35. The summed E-state index contributed by atoms with van der Waals surface area (Å²) < 4.78 is 5.32. The topological polar surface area (TPSA) is 57.7 Å². The number of nitrogens with zero attached hydrogens (tertiary/aromatic N) is 3. The molecular formula is C16H24N4O2. The Labute approximate surface area is 131 Å². The molecule has 0 radical (unpaired) electrons. The summed E-state index contributed by atoms with van der Waals surface area (Å²) in [5.41, 5.74) is 0. The van der Waals surface area contributed by atoms with Gasteiger partial charge in [0.15, 0.2) is 0 Å². The van der Waals surface area contributed by atoms with E-state index in [0.717, 1.165) is 25.5 Å². The number of carbonyl (C=O) groups is 1. The van der Waals surface area contributed by atoms with Crippen LogP contribution in [0.3, 0.4) is 0 Å². The molecule has 1 amide bonds. The van der Waals surface area contributed by atoms with Gasteiger partial charge < -0.3 is 19.9 Å². The second-order valence-corrected chi connectivity index (χ2v) is 5.92. The van der Waals surface area contributed by atoms with Gasteiger partial charge in [-0.25, -0.2) is 4.98 Å². The van der Waals surface area contributed by atoms with Crippen LogP contribution >= 0.6 is 0 Å². The van der Waals surface area contributed by atoms with Crippen molar-refractivity contribution in [2.45, 2.75) is 13.0 Å². The monoisotopic (exact) mass is 304 g/mol. The standard InChI is InChI=1S/C16H24N4O2/c1-13(16(21)19-8-10-22-11-9-19)14-12-20(7-6-17-14)15-4-2-3-5-18-15/h2-5,13-14,17H,6-12H2,1H3. The first-order valence-corrected chi connectivity index (χ1v) is 8.01. The van der Waals surface area contributed by atoms with Crippen molar-refractivity contribution in [2.24, 2.45) is 5.92 Å². The van der Waals surface area contributed by atoms with E-state index in [1.807, 2.05) is 36.2 Å². The van der Waals surface area contributed by atoms with E-state index in [1.54, 1.807) is 0 Å². The predicted octanol–water partition coefficient (Wildman–Crippen LogP) is 0.355. The van der Waals surface area contributed by atoms with E-state index in [4.69, 9.17) is 4.74 Å². The van der Waals surface area contributed by atoms with Gasteiger partial charge >= 0.3 is 0 Å². The number of rotatable bonds is 3. The lowest BCUT2D eigenvalue weighted by Crippen LogP contribution is -2.57. The van der Waals surface area contributed by atoms with Crippen LogP contribution < -0.4 is 10.2 Å². The third kappa shape index (κ3) is 3.39. The first kappa shape index (κ1) is 15.2. The van der Waals surface area contributed by atoms with E-state index in [2.05, 4.69) is 15.2 Å².